The summed E-state index contributed by atoms with van der Waals surface area (Å²) in [6.45, 7) is 3.13. The molecule has 0 bridgehead atoms. The van der Waals surface area contributed by atoms with E-state index >= 15 is 0 Å². The van der Waals surface area contributed by atoms with E-state index in [1.165, 1.54) is 0 Å². The molecule has 0 aliphatic carbocycles. The van der Waals surface area contributed by atoms with Crippen LogP contribution in [0, 0.1) is 0 Å². The Morgan fingerprint density at radius 1 is 1.67 bits per heavy atom. The summed E-state index contributed by atoms with van der Waals surface area (Å²) in [6.07, 6.45) is 0. The summed E-state index contributed by atoms with van der Waals surface area (Å²) in [7, 11) is 0. The van der Waals surface area contributed by atoms with Crippen molar-refractivity contribution in [1.29, 1.82) is 0 Å². The number of guanidine groups is 1. The quantitative estimate of drug-likeness (QED) is 0.180. The fraction of sp³-hybridized carbons (Fsp3) is 0. The van der Waals surface area contributed by atoms with E-state index in [0.717, 1.165) is 0 Å². The Bertz CT molecular complexity index is 69.6. The van der Waals surface area contributed by atoms with Crippen molar-refractivity contribution in [1.82, 2.24) is 0 Å². The minimum absolute atomic E-state index is 0.00926. The smallest absolute Gasteiger partial charge is 0.256 e. The zero-order valence-electron chi connectivity index (χ0n) is 3.31. The average Bonchev–Trinajstić information content (AvgIpc) is 1.35. The van der Waals surface area contributed by atoms with Crippen molar-refractivity contribution in [3.63, 3.8) is 0 Å². The van der Waals surface area contributed by atoms with Crippen LogP contribution in [0.3, 0.4) is 0 Å². The fourth-order valence-electron chi connectivity index (χ4n) is 0.0913. The van der Waals surface area contributed by atoms with Crippen molar-refractivity contribution in [2.45, 2.75) is 0 Å². The molecule has 0 radical (unpaired) electrons. The van der Waals surface area contributed by atoms with E-state index in [1.807, 2.05) is 0 Å². The molecule has 0 spiro atoms. The molecular formula is C2H7N4+. The van der Waals surface area contributed by atoms with Gasteiger partial charge in [0.2, 0.25) is 0 Å². The molecule has 0 aromatic heterocycles. The van der Waals surface area contributed by atoms with Crippen molar-refractivity contribution < 1.29 is 5.10 Å². The number of nitrogens with zero attached hydrogens (tertiary/aromatic N) is 1. The number of hydrogen-bond donors (Lipinski definition) is 3. The summed E-state index contributed by atoms with van der Waals surface area (Å²) in [5.41, 5.74) is 9.66. The van der Waals surface area contributed by atoms with Crippen molar-refractivity contribution in [2.24, 2.45) is 16.6 Å². The first-order valence-corrected chi connectivity index (χ1v) is 1.38. The van der Waals surface area contributed by atoms with Crippen LogP contribution >= 0.6 is 0 Å². The van der Waals surface area contributed by atoms with Gasteiger partial charge in [0.25, 0.3) is 5.96 Å². The molecule has 0 unspecified atom stereocenters. The lowest BCUT2D eigenvalue weighted by Crippen LogP contribution is -2.60. The Morgan fingerprint density at radius 2 is 2.17 bits per heavy atom. The largest absolute Gasteiger partial charge is 0.365 e. The molecule has 0 amide bonds. The SMILES string of the molecule is C=[NH+]N=C(N)N. The molecular weight excluding hydrogens is 80.1 g/mol. The van der Waals surface area contributed by atoms with Crippen LogP contribution in [-0.2, 0) is 0 Å². The van der Waals surface area contributed by atoms with Crippen molar-refractivity contribution in [3.05, 3.63) is 0 Å². The summed E-state index contributed by atoms with van der Waals surface area (Å²) < 4.78 is 0. The van der Waals surface area contributed by atoms with Crippen molar-refractivity contribution in [2.75, 3.05) is 0 Å². The summed E-state index contributed by atoms with van der Waals surface area (Å²) in [6, 6.07) is 0. The third-order valence-electron chi connectivity index (χ3n) is 0.208. The minimum Gasteiger partial charge on any atom is -0.365 e. The molecule has 0 saturated carbocycles. The first-order valence-electron chi connectivity index (χ1n) is 1.38. The Morgan fingerprint density at radius 3 is 2.17 bits per heavy atom. The second kappa shape index (κ2) is 2.19. The second-order valence-corrected chi connectivity index (χ2v) is 0.695. The maximum absolute atomic E-state index is 4.83. The maximum atomic E-state index is 4.83. The molecule has 6 heavy (non-hydrogen) atoms. The van der Waals surface area contributed by atoms with E-state index in [-0.39, 0.29) is 5.96 Å². The van der Waals surface area contributed by atoms with Gasteiger partial charge in [0.05, 0.1) is 0 Å². The molecule has 0 rings (SSSR count). The van der Waals surface area contributed by atoms with E-state index in [0.29, 0.717) is 0 Å². The Labute approximate surface area is 35.5 Å². The van der Waals surface area contributed by atoms with Gasteiger partial charge in [0, 0.05) is 5.10 Å². The highest BCUT2D eigenvalue weighted by Crippen LogP contribution is 1.27. The van der Waals surface area contributed by atoms with Crippen LogP contribution in [0.25, 0.3) is 0 Å². The van der Waals surface area contributed by atoms with Gasteiger partial charge in [-0.3, -0.25) is 0 Å². The second-order valence-electron chi connectivity index (χ2n) is 0.695. The van der Waals surface area contributed by atoms with Crippen molar-refractivity contribution >= 4 is 12.7 Å². The number of hydrazone groups is 1. The highest BCUT2D eigenvalue weighted by Gasteiger charge is 1.71. The summed E-state index contributed by atoms with van der Waals surface area (Å²) in [4.78, 5) is 0. The van der Waals surface area contributed by atoms with Crippen LogP contribution in [0.5, 0.6) is 0 Å². The minimum atomic E-state index is -0.00926. The predicted molar refractivity (Wildman–Crippen MR) is 23.9 cm³/mol. The van der Waals surface area contributed by atoms with Gasteiger partial charge in [-0.05, 0) is 0 Å². The Balaban J connectivity index is 3.41. The van der Waals surface area contributed by atoms with Gasteiger partial charge in [-0.2, -0.15) is 0 Å². The predicted octanol–water partition coefficient (Wildman–Crippen LogP) is -3.04. The summed E-state index contributed by atoms with van der Waals surface area (Å²) in [5.74, 6) is -0.00926. The molecule has 0 aromatic rings. The summed E-state index contributed by atoms with van der Waals surface area (Å²) in [5, 5.41) is 5.39. The topological polar surface area (TPSA) is 78.4 Å². The molecule has 0 aliphatic rings. The van der Waals surface area contributed by atoms with Crippen LogP contribution in [0.4, 0.5) is 0 Å². The molecule has 0 atom stereocenters. The van der Waals surface area contributed by atoms with Crippen LogP contribution in [0.15, 0.2) is 5.10 Å². The first-order chi connectivity index (χ1) is 2.77. The van der Waals surface area contributed by atoms with E-state index in [1.54, 1.807) is 0 Å². The third-order valence-corrected chi connectivity index (χ3v) is 0.208. The first kappa shape index (κ1) is 4.94. The lowest BCUT2D eigenvalue weighted by molar-refractivity contribution is -0.452. The van der Waals surface area contributed by atoms with E-state index < -0.39 is 0 Å². The lowest BCUT2D eigenvalue weighted by Gasteiger charge is -1.72. The summed E-state index contributed by atoms with van der Waals surface area (Å²) >= 11 is 0. The molecule has 0 heterocycles. The lowest BCUT2D eigenvalue weighted by atomic mass is 11.1. The molecule has 4 nitrogen and oxygen atoms in total. The van der Waals surface area contributed by atoms with Gasteiger partial charge in [-0.15, -0.1) is 5.10 Å². The van der Waals surface area contributed by atoms with E-state index in [9.17, 15) is 0 Å². The van der Waals surface area contributed by atoms with Crippen LogP contribution in [0.2, 0.25) is 0 Å². The average molecular weight is 87.1 g/mol. The van der Waals surface area contributed by atoms with E-state index in [4.69, 9.17) is 11.5 Å². The van der Waals surface area contributed by atoms with Gasteiger partial charge in [0.15, 0.2) is 6.72 Å². The monoisotopic (exact) mass is 87.1 g/mol. The number of rotatable bonds is 1. The normalized spacial score (nSPS) is 6.67. The van der Waals surface area contributed by atoms with Crippen LogP contribution < -0.4 is 16.6 Å². The number of nitrogens with two attached hydrogens (primary N) is 2. The van der Waals surface area contributed by atoms with Crippen LogP contribution in [-0.4, -0.2) is 12.7 Å². The van der Waals surface area contributed by atoms with Crippen molar-refractivity contribution in [3.8, 4) is 0 Å². The third kappa shape index (κ3) is 2.94. The molecule has 0 aromatic carbocycles. The highest BCUT2D eigenvalue weighted by atomic mass is 15.2. The maximum Gasteiger partial charge on any atom is 0.256 e. The fourth-order valence-corrected chi connectivity index (χ4v) is 0.0913. The number of hydrogen-bond acceptors (Lipinski definition) is 1. The Kier molecular flexibility index (Phi) is 1.81. The van der Waals surface area contributed by atoms with Gasteiger partial charge in [0.1, 0.15) is 0 Å². The molecule has 34 valence electrons. The molecule has 0 saturated heterocycles. The van der Waals surface area contributed by atoms with Gasteiger partial charge < -0.3 is 11.5 Å². The van der Waals surface area contributed by atoms with Gasteiger partial charge in [-0.25, -0.2) is 0 Å². The Hall–Kier alpha value is -1.06. The van der Waals surface area contributed by atoms with Gasteiger partial charge >= 0.3 is 0 Å². The van der Waals surface area contributed by atoms with Crippen LogP contribution in [0.1, 0.15) is 0 Å². The highest BCUT2D eigenvalue weighted by molar-refractivity contribution is 5.74. The molecule has 0 aliphatic heterocycles. The zero-order valence-corrected chi connectivity index (χ0v) is 3.31. The standard InChI is InChI=1S/C2H6N4/c1-5-6-2(3)4/h1H2,(H4,3,4,6)/p+1. The van der Waals surface area contributed by atoms with Gasteiger partial charge in [-0.1, -0.05) is 0 Å². The number of nitrogens with one attached hydrogen (secondary N) is 1. The molecule has 0 fully saturated rings. The van der Waals surface area contributed by atoms with E-state index in [2.05, 4.69) is 16.9 Å². The zero-order chi connectivity index (χ0) is 4.99. The molecule has 5 N–H and O–H groups in total. The molecule has 4 heteroatoms.